The topological polar surface area (TPSA) is 60.7 Å². The van der Waals surface area contributed by atoms with E-state index in [2.05, 4.69) is 23.2 Å². The molecule has 1 aliphatic heterocycles. The van der Waals surface area contributed by atoms with Gasteiger partial charge in [0, 0.05) is 4.90 Å². The molecule has 7 heteroatoms. The van der Waals surface area contributed by atoms with Gasteiger partial charge in [-0.05, 0) is 67.1 Å². The number of hydrogen-bond acceptors (Lipinski definition) is 6. The molecule has 0 saturated carbocycles. The van der Waals surface area contributed by atoms with Gasteiger partial charge in [-0.15, -0.1) is 11.8 Å². The zero-order chi connectivity index (χ0) is 25.4. The van der Waals surface area contributed by atoms with Crippen LogP contribution >= 0.6 is 23.1 Å². The Morgan fingerprint density at radius 2 is 1.81 bits per heavy atom. The Balaban J connectivity index is 1.73. The minimum absolute atomic E-state index is 0.173. The molecule has 5 nitrogen and oxygen atoms in total. The summed E-state index contributed by atoms with van der Waals surface area (Å²) < 4.78 is 7.79. The number of esters is 1. The van der Waals surface area contributed by atoms with Gasteiger partial charge >= 0.3 is 5.97 Å². The molecule has 0 fully saturated rings. The van der Waals surface area contributed by atoms with E-state index in [1.54, 1.807) is 16.3 Å². The van der Waals surface area contributed by atoms with E-state index in [0.29, 0.717) is 20.6 Å². The summed E-state index contributed by atoms with van der Waals surface area (Å²) in [5.41, 5.74) is 2.60. The van der Waals surface area contributed by atoms with Crippen molar-refractivity contribution in [3.63, 3.8) is 0 Å². The molecule has 1 aliphatic rings. The molecule has 0 N–H and O–H groups in total. The van der Waals surface area contributed by atoms with Gasteiger partial charge in [-0.2, -0.15) is 0 Å². The lowest BCUT2D eigenvalue weighted by atomic mass is 9.96. The fourth-order valence-corrected chi connectivity index (χ4v) is 5.93. The first-order valence-corrected chi connectivity index (χ1v) is 13.8. The third-order valence-electron chi connectivity index (χ3n) is 6.13. The Bertz CT molecular complexity index is 1670. The summed E-state index contributed by atoms with van der Waals surface area (Å²) in [5.74, 6) is -0.450. The van der Waals surface area contributed by atoms with E-state index >= 15 is 0 Å². The first kappa shape index (κ1) is 24.3. The van der Waals surface area contributed by atoms with Crippen molar-refractivity contribution in [2.75, 3.05) is 6.26 Å². The van der Waals surface area contributed by atoms with Crippen LogP contribution in [-0.4, -0.2) is 22.9 Å². The van der Waals surface area contributed by atoms with E-state index < -0.39 is 12.0 Å². The maximum atomic E-state index is 13.9. The van der Waals surface area contributed by atoms with E-state index in [1.807, 2.05) is 81.6 Å². The predicted octanol–water partition coefficient (Wildman–Crippen LogP) is 5.06. The molecule has 0 bridgehead atoms. The molecule has 0 aliphatic carbocycles. The molecule has 1 aromatic heterocycles. The van der Waals surface area contributed by atoms with Crippen molar-refractivity contribution >= 4 is 45.9 Å². The maximum absolute atomic E-state index is 13.9. The fraction of sp³-hybridized carbons (Fsp3) is 0.207. The molecule has 0 saturated heterocycles. The quantitative estimate of drug-likeness (QED) is 0.276. The summed E-state index contributed by atoms with van der Waals surface area (Å²) >= 11 is 2.98. The fourth-order valence-electron chi connectivity index (χ4n) is 4.48. The van der Waals surface area contributed by atoms with Crippen LogP contribution in [0.5, 0.6) is 0 Å². The number of hydrogen-bond donors (Lipinski definition) is 0. The van der Waals surface area contributed by atoms with Gasteiger partial charge in [-0.1, -0.05) is 65.9 Å². The summed E-state index contributed by atoms with van der Waals surface area (Å²) in [6.45, 7) is 5.44. The van der Waals surface area contributed by atoms with Crippen LogP contribution in [0.15, 0.2) is 92.7 Å². The van der Waals surface area contributed by atoms with E-state index in [9.17, 15) is 9.59 Å². The van der Waals surface area contributed by atoms with Gasteiger partial charge < -0.3 is 4.74 Å². The highest BCUT2D eigenvalue weighted by atomic mass is 32.2. The van der Waals surface area contributed by atoms with Gasteiger partial charge in [0.05, 0.1) is 27.9 Å². The second-order valence-corrected chi connectivity index (χ2v) is 10.8. The van der Waals surface area contributed by atoms with E-state index in [4.69, 9.17) is 4.74 Å². The molecule has 182 valence electrons. The molecule has 0 unspecified atom stereocenters. The van der Waals surface area contributed by atoms with Gasteiger partial charge in [0.15, 0.2) is 4.80 Å². The summed E-state index contributed by atoms with van der Waals surface area (Å²) in [6.07, 6.45) is 3.65. The second-order valence-electron chi connectivity index (χ2n) is 8.88. The lowest BCUT2D eigenvalue weighted by molar-refractivity contribution is -0.143. The smallest absolute Gasteiger partial charge is 0.338 e. The van der Waals surface area contributed by atoms with Gasteiger partial charge in [0.25, 0.3) is 5.56 Å². The largest absolute Gasteiger partial charge is 0.459 e. The predicted molar refractivity (Wildman–Crippen MR) is 147 cm³/mol. The lowest BCUT2D eigenvalue weighted by Gasteiger charge is -2.25. The molecular weight excluding hydrogens is 488 g/mol. The van der Waals surface area contributed by atoms with Crippen LogP contribution in [0.3, 0.4) is 0 Å². The van der Waals surface area contributed by atoms with Gasteiger partial charge in [-0.3, -0.25) is 9.36 Å². The molecule has 0 amide bonds. The summed E-state index contributed by atoms with van der Waals surface area (Å²) in [6, 6.07) is 21.5. The van der Waals surface area contributed by atoms with Crippen LogP contribution in [0.1, 0.15) is 37.9 Å². The molecule has 0 spiro atoms. The van der Waals surface area contributed by atoms with Gasteiger partial charge in [0.1, 0.15) is 0 Å². The van der Waals surface area contributed by atoms with Crippen molar-refractivity contribution in [3.8, 4) is 0 Å². The van der Waals surface area contributed by atoms with E-state index in [1.165, 1.54) is 11.3 Å². The normalized spacial score (nSPS) is 15.8. The average molecular weight is 515 g/mol. The van der Waals surface area contributed by atoms with Crippen LogP contribution in [0.25, 0.3) is 16.8 Å². The zero-order valence-corrected chi connectivity index (χ0v) is 22.2. The van der Waals surface area contributed by atoms with Crippen molar-refractivity contribution in [2.24, 2.45) is 4.99 Å². The molecule has 2 heterocycles. The number of fused-ring (bicyclic) bond motifs is 2. The van der Waals surface area contributed by atoms with Crippen molar-refractivity contribution in [1.82, 2.24) is 4.57 Å². The first-order valence-electron chi connectivity index (χ1n) is 11.7. The first-order chi connectivity index (χ1) is 17.4. The number of benzene rings is 3. The SMILES string of the molecule is CSc1ccc([C@H]2C(C(=O)OC(C)C)=C(C)N=c3s/c(=C\c4cccc5ccccc45)c(=O)n32)cc1. The molecular formula is C29H26N2O3S2. The minimum atomic E-state index is -0.613. The molecule has 4 aromatic rings. The number of ether oxygens (including phenoxy) is 1. The monoisotopic (exact) mass is 514 g/mol. The summed E-state index contributed by atoms with van der Waals surface area (Å²) in [5, 5.41) is 2.19. The Labute approximate surface area is 217 Å². The molecule has 36 heavy (non-hydrogen) atoms. The van der Waals surface area contributed by atoms with E-state index in [0.717, 1.165) is 26.8 Å². The number of rotatable bonds is 5. The Morgan fingerprint density at radius 1 is 1.08 bits per heavy atom. The Hall–Kier alpha value is -3.42. The van der Waals surface area contributed by atoms with Crippen LogP contribution < -0.4 is 14.9 Å². The van der Waals surface area contributed by atoms with Gasteiger partial charge in [0.2, 0.25) is 0 Å². The Kier molecular flexibility index (Phi) is 6.69. The molecule has 3 aromatic carbocycles. The highest BCUT2D eigenvalue weighted by Gasteiger charge is 2.33. The molecule has 1 atom stereocenters. The molecule has 5 rings (SSSR count). The number of nitrogens with zero attached hydrogens (tertiary/aromatic N) is 2. The zero-order valence-electron chi connectivity index (χ0n) is 20.5. The van der Waals surface area contributed by atoms with Crippen LogP contribution in [0.2, 0.25) is 0 Å². The number of allylic oxidation sites excluding steroid dienone is 1. The maximum Gasteiger partial charge on any atom is 0.338 e. The summed E-state index contributed by atoms with van der Waals surface area (Å²) in [4.78, 5) is 33.5. The lowest BCUT2D eigenvalue weighted by Crippen LogP contribution is -2.40. The Morgan fingerprint density at radius 3 is 2.53 bits per heavy atom. The summed E-state index contributed by atoms with van der Waals surface area (Å²) in [7, 11) is 0. The number of thioether (sulfide) groups is 1. The van der Waals surface area contributed by atoms with Crippen molar-refractivity contribution < 1.29 is 9.53 Å². The van der Waals surface area contributed by atoms with Crippen LogP contribution in [0, 0.1) is 0 Å². The second kappa shape index (κ2) is 9.91. The highest BCUT2D eigenvalue weighted by Crippen LogP contribution is 2.32. The van der Waals surface area contributed by atoms with Crippen molar-refractivity contribution in [3.05, 3.63) is 109 Å². The van der Waals surface area contributed by atoms with E-state index in [-0.39, 0.29) is 11.7 Å². The number of thiazole rings is 1. The third-order valence-corrected chi connectivity index (χ3v) is 7.85. The molecule has 0 radical (unpaired) electrons. The standard InChI is InChI=1S/C29H26N2O3S2/c1-17(2)34-28(33)25-18(3)30-29-31(26(25)20-12-14-22(35-4)15-13-20)27(32)24(36-29)16-21-10-7-9-19-8-5-6-11-23(19)21/h5-17,26H,1-4H3/b24-16-/t26-/m0/s1. The third kappa shape index (κ3) is 4.45. The van der Waals surface area contributed by atoms with Crippen molar-refractivity contribution in [2.45, 2.75) is 37.8 Å². The van der Waals surface area contributed by atoms with Crippen molar-refractivity contribution in [1.29, 1.82) is 0 Å². The number of carbonyl (C=O) groups excluding carboxylic acids is 1. The average Bonchev–Trinajstić information content (AvgIpc) is 3.17. The van der Waals surface area contributed by atoms with Crippen LogP contribution in [-0.2, 0) is 9.53 Å². The highest BCUT2D eigenvalue weighted by molar-refractivity contribution is 7.98. The van der Waals surface area contributed by atoms with Crippen LogP contribution in [0.4, 0.5) is 0 Å². The van der Waals surface area contributed by atoms with Gasteiger partial charge in [-0.25, -0.2) is 9.79 Å². The number of aromatic nitrogens is 1. The number of carbonyl (C=O) groups is 1. The minimum Gasteiger partial charge on any atom is -0.459 e.